The van der Waals surface area contributed by atoms with Crippen molar-refractivity contribution in [2.75, 3.05) is 13.1 Å². The third-order valence-corrected chi connectivity index (χ3v) is 3.73. The van der Waals surface area contributed by atoms with E-state index in [1.165, 1.54) is 0 Å². The predicted octanol–water partition coefficient (Wildman–Crippen LogP) is 0.969. The molecule has 1 amide bonds. The Bertz CT molecular complexity index is 664. The number of carboxylic acid groups (broad SMARTS) is 1. The van der Waals surface area contributed by atoms with Crippen LogP contribution in [0.4, 0.5) is 0 Å². The number of aromatic nitrogens is 2. The highest BCUT2D eigenvalue weighted by Gasteiger charge is 2.30. The largest absolute Gasteiger partial charge is 0.481 e. The van der Waals surface area contributed by atoms with Crippen molar-refractivity contribution in [1.82, 2.24) is 14.7 Å². The Labute approximate surface area is 115 Å². The molecule has 3 rings (SSSR count). The van der Waals surface area contributed by atoms with Gasteiger partial charge in [-0.2, -0.15) is 5.10 Å². The van der Waals surface area contributed by atoms with Crippen molar-refractivity contribution in [3.63, 3.8) is 0 Å². The zero-order chi connectivity index (χ0) is 14.1. The van der Waals surface area contributed by atoms with Crippen molar-refractivity contribution >= 4 is 22.8 Å². The van der Waals surface area contributed by atoms with Crippen LogP contribution in [0, 0.1) is 5.92 Å². The van der Waals surface area contributed by atoms with Crippen LogP contribution in [0.5, 0.6) is 0 Å². The Balaban J connectivity index is 1.72. The number of fused-ring (bicyclic) bond motifs is 1. The highest BCUT2D eigenvalue weighted by Crippen LogP contribution is 2.18. The van der Waals surface area contributed by atoms with Gasteiger partial charge in [-0.25, -0.2) is 0 Å². The second kappa shape index (κ2) is 4.96. The molecular weight excluding hydrogens is 258 g/mol. The molecule has 6 heteroatoms. The second-order valence-electron chi connectivity index (χ2n) is 5.02. The molecule has 0 spiro atoms. The molecule has 0 radical (unpaired) electrons. The standard InChI is InChI=1S/C14H15N3O3/c18-13(16-6-5-11(8-16)14(19)20)9-17-12-4-2-1-3-10(12)7-15-17/h1-4,7,11H,5-6,8-9H2,(H,19,20)/t11-/m1/s1. The summed E-state index contributed by atoms with van der Waals surface area (Å²) in [6.45, 7) is 0.961. The van der Waals surface area contributed by atoms with Gasteiger partial charge in [0, 0.05) is 18.5 Å². The minimum Gasteiger partial charge on any atom is -0.481 e. The minimum atomic E-state index is -0.829. The maximum Gasteiger partial charge on any atom is 0.308 e. The van der Waals surface area contributed by atoms with Gasteiger partial charge in [-0.05, 0) is 12.5 Å². The van der Waals surface area contributed by atoms with Gasteiger partial charge >= 0.3 is 5.97 Å². The lowest BCUT2D eigenvalue weighted by Gasteiger charge is -2.16. The fraction of sp³-hybridized carbons (Fsp3) is 0.357. The molecule has 20 heavy (non-hydrogen) atoms. The molecular formula is C14H15N3O3. The fourth-order valence-electron chi connectivity index (χ4n) is 2.57. The van der Waals surface area contributed by atoms with Crippen molar-refractivity contribution in [2.24, 2.45) is 5.92 Å². The number of aliphatic carboxylic acids is 1. The van der Waals surface area contributed by atoms with Gasteiger partial charge in [-0.1, -0.05) is 18.2 Å². The van der Waals surface area contributed by atoms with Gasteiger partial charge in [0.2, 0.25) is 5.91 Å². The number of hydrogen-bond donors (Lipinski definition) is 1. The Kier molecular flexibility index (Phi) is 3.14. The van der Waals surface area contributed by atoms with E-state index in [9.17, 15) is 9.59 Å². The third-order valence-electron chi connectivity index (χ3n) is 3.73. The van der Waals surface area contributed by atoms with Gasteiger partial charge in [0.15, 0.2) is 0 Å². The van der Waals surface area contributed by atoms with Crippen LogP contribution in [0.1, 0.15) is 6.42 Å². The van der Waals surface area contributed by atoms with Crippen LogP contribution in [-0.2, 0) is 16.1 Å². The molecule has 1 aromatic heterocycles. The Hall–Kier alpha value is -2.37. The molecule has 1 aliphatic rings. The van der Waals surface area contributed by atoms with Gasteiger partial charge in [-0.3, -0.25) is 14.3 Å². The summed E-state index contributed by atoms with van der Waals surface area (Å²) in [5.41, 5.74) is 0.912. The smallest absolute Gasteiger partial charge is 0.308 e. The van der Waals surface area contributed by atoms with Crippen molar-refractivity contribution in [1.29, 1.82) is 0 Å². The summed E-state index contributed by atoms with van der Waals surface area (Å²) >= 11 is 0. The first-order chi connectivity index (χ1) is 9.65. The number of carbonyl (C=O) groups excluding carboxylic acids is 1. The van der Waals surface area contributed by atoms with Crippen LogP contribution < -0.4 is 0 Å². The van der Waals surface area contributed by atoms with E-state index in [0.717, 1.165) is 10.9 Å². The molecule has 0 saturated carbocycles. The zero-order valence-corrected chi connectivity index (χ0v) is 10.9. The second-order valence-corrected chi connectivity index (χ2v) is 5.02. The average Bonchev–Trinajstić information content (AvgIpc) is 3.06. The van der Waals surface area contributed by atoms with E-state index in [0.29, 0.717) is 19.5 Å². The fourth-order valence-corrected chi connectivity index (χ4v) is 2.57. The number of para-hydroxylation sites is 1. The molecule has 1 aliphatic heterocycles. The van der Waals surface area contributed by atoms with Crippen LogP contribution in [0.2, 0.25) is 0 Å². The summed E-state index contributed by atoms with van der Waals surface area (Å²) in [6, 6.07) is 7.69. The average molecular weight is 273 g/mol. The zero-order valence-electron chi connectivity index (χ0n) is 10.9. The lowest BCUT2D eigenvalue weighted by molar-refractivity contribution is -0.141. The number of likely N-dealkylation sites (tertiary alicyclic amines) is 1. The highest BCUT2D eigenvalue weighted by molar-refractivity contribution is 5.82. The van der Waals surface area contributed by atoms with Crippen molar-refractivity contribution < 1.29 is 14.7 Å². The molecule has 1 N–H and O–H groups in total. The van der Waals surface area contributed by atoms with E-state index in [2.05, 4.69) is 5.10 Å². The highest BCUT2D eigenvalue weighted by atomic mass is 16.4. The summed E-state index contributed by atoms with van der Waals surface area (Å²) in [5.74, 6) is -1.35. The maximum absolute atomic E-state index is 12.2. The molecule has 0 unspecified atom stereocenters. The summed E-state index contributed by atoms with van der Waals surface area (Å²) in [7, 11) is 0. The summed E-state index contributed by atoms with van der Waals surface area (Å²) < 4.78 is 1.66. The van der Waals surface area contributed by atoms with Gasteiger partial charge < -0.3 is 10.0 Å². The van der Waals surface area contributed by atoms with Crippen LogP contribution in [0.15, 0.2) is 30.5 Å². The van der Waals surface area contributed by atoms with Gasteiger partial charge in [0.05, 0.1) is 17.6 Å². The summed E-state index contributed by atoms with van der Waals surface area (Å²) in [5, 5.41) is 14.2. The normalized spacial score (nSPS) is 18.6. The molecule has 1 aromatic carbocycles. The number of rotatable bonds is 3. The maximum atomic E-state index is 12.2. The first kappa shape index (κ1) is 12.7. The third kappa shape index (κ3) is 2.24. The molecule has 1 saturated heterocycles. The Morgan fingerprint density at radius 1 is 1.35 bits per heavy atom. The van der Waals surface area contributed by atoms with Gasteiger partial charge in [0.25, 0.3) is 0 Å². The molecule has 104 valence electrons. The van der Waals surface area contributed by atoms with Crippen LogP contribution in [-0.4, -0.2) is 44.8 Å². The van der Waals surface area contributed by atoms with E-state index >= 15 is 0 Å². The number of benzene rings is 1. The van der Waals surface area contributed by atoms with Crippen LogP contribution in [0.3, 0.4) is 0 Å². The Morgan fingerprint density at radius 2 is 2.15 bits per heavy atom. The number of carboxylic acids is 1. The minimum absolute atomic E-state index is 0.0809. The van der Waals surface area contributed by atoms with E-state index < -0.39 is 11.9 Å². The summed E-state index contributed by atoms with van der Waals surface area (Å²) in [4.78, 5) is 24.7. The predicted molar refractivity (Wildman–Crippen MR) is 72.1 cm³/mol. The lowest BCUT2D eigenvalue weighted by atomic mass is 10.1. The molecule has 1 atom stereocenters. The number of amides is 1. The molecule has 2 aromatic rings. The monoisotopic (exact) mass is 273 g/mol. The lowest BCUT2D eigenvalue weighted by Crippen LogP contribution is -2.33. The van der Waals surface area contributed by atoms with E-state index in [1.54, 1.807) is 15.8 Å². The summed E-state index contributed by atoms with van der Waals surface area (Å²) in [6.07, 6.45) is 2.26. The molecule has 0 aliphatic carbocycles. The first-order valence-corrected chi connectivity index (χ1v) is 6.56. The first-order valence-electron chi connectivity index (χ1n) is 6.56. The molecule has 1 fully saturated rings. The van der Waals surface area contributed by atoms with Gasteiger partial charge in [-0.15, -0.1) is 0 Å². The van der Waals surface area contributed by atoms with Gasteiger partial charge in [0.1, 0.15) is 6.54 Å². The van der Waals surface area contributed by atoms with Crippen molar-refractivity contribution in [3.8, 4) is 0 Å². The van der Waals surface area contributed by atoms with Crippen molar-refractivity contribution in [2.45, 2.75) is 13.0 Å². The Morgan fingerprint density at radius 3 is 2.90 bits per heavy atom. The van der Waals surface area contributed by atoms with Crippen LogP contribution >= 0.6 is 0 Å². The van der Waals surface area contributed by atoms with E-state index in [1.807, 2.05) is 24.3 Å². The molecule has 6 nitrogen and oxygen atoms in total. The van der Waals surface area contributed by atoms with E-state index in [-0.39, 0.29) is 12.5 Å². The van der Waals surface area contributed by atoms with Crippen molar-refractivity contribution in [3.05, 3.63) is 30.5 Å². The van der Waals surface area contributed by atoms with E-state index in [4.69, 9.17) is 5.11 Å². The number of hydrogen-bond acceptors (Lipinski definition) is 3. The molecule has 0 bridgehead atoms. The topological polar surface area (TPSA) is 75.4 Å². The number of nitrogens with zero attached hydrogens (tertiary/aromatic N) is 3. The molecule has 2 heterocycles. The number of carbonyl (C=O) groups is 2. The quantitative estimate of drug-likeness (QED) is 0.904. The van der Waals surface area contributed by atoms with Crippen LogP contribution in [0.25, 0.3) is 10.9 Å². The SMILES string of the molecule is O=C(O)[C@@H]1CCN(C(=O)Cn2ncc3ccccc32)C1.